The predicted molar refractivity (Wildman–Crippen MR) is 54.7 cm³/mol. The third kappa shape index (κ3) is 6.50. The molecule has 0 aromatic carbocycles. The van der Waals surface area contributed by atoms with E-state index in [0.717, 1.165) is 0 Å². The topological polar surface area (TPSA) is 0 Å². The summed E-state index contributed by atoms with van der Waals surface area (Å²) in [6, 6.07) is 0. The van der Waals surface area contributed by atoms with Gasteiger partial charge in [-0.05, 0) is 0 Å². The van der Waals surface area contributed by atoms with Gasteiger partial charge in [0, 0.05) is 0 Å². The molecule has 0 aliphatic heterocycles. The largest absolute Gasteiger partial charge is 0.397 e. The Morgan fingerprint density at radius 1 is 0.286 bits per heavy atom. The van der Waals surface area contributed by atoms with Crippen molar-refractivity contribution in [3.8, 4) is 0 Å². The quantitative estimate of drug-likeness (QED) is 0.311. The van der Waals surface area contributed by atoms with Gasteiger partial charge >= 0.3 is 37.1 Å². The molecule has 0 aromatic heterocycles. The molecule has 0 nitrogen and oxygen atoms in total. The van der Waals surface area contributed by atoms with Crippen LogP contribution in [0.2, 0.25) is 16.6 Å². The zero-order valence-electron chi connectivity index (χ0n) is 12.1. The molecule has 0 aromatic rings. The van der Waals surface area contributed by atoms with Crippen LogP contribution in [0.5, 0.6) is 0 Å². The van der Waals surface area contributed by atoms with Crippen LogP contribution in [-0.2, 0) is 0 Å². The highest BCUT2D eigenvalue weighted by Gasteiger charge is 2.78. The molecule has 0 saturated carbocycles. The fraction of sp³-hybridized carbons (Fsp3) is 1.00. The highest BCUT2D eigenvalue weighted by molar-refractivity contribution is 6.65. The highest BCUT2D eigenvalue weighted by atomic mass is 28.3. The van der Waals surface area contributed by atoms with Crippen LogP contribution in [0.25, 0.3) is 0 Å². The van der Waals surface area contributed by atoms with Crippen LogP contribution in [0.4, 0.5) is 79.0 Å². The Balaban J connectivity index is 7.30. The van der Waals surface area contributed by atoms with Crippen molar-refractivity contribution in [3.63, 3.8) is 0 Å². The van der Waals surface area contributed by atoms with E-state index < -0.39 is 62.5 Å². The minimum Gasteiger partial charge on any atom is -0.171 e. The average Bonchev–Trinajstić information content (AvgIpc) is 2.13. The van der Waals surface area contributed by atoms with Gasteiger partial charge in [0.05, 0.1) is 0 Å². The van der Waals surface area contributed by atoms with E-state index in [0.29, 0.717) is 0 Å². The van der Waals surface area contributed by atoms with Crippen molar-refractivity contribution in [1.29, 1.82) is 0 Å². The lowest BCUT2D eigenvalue weighted by Crippen LogP contribution is -2.59. The Labute approximate surface area is 143 Å². The summed E-state index contributed by atoms with van der Waals surface area (Å²) in [6.45, 7) is 0. The monoisotopic (exact) mass is 482 g/mol. The smallest absolute Gasteiger partial charge is 0.171 e. The van der Waals surface area contributed by atoms with Crippen LogP contribution < -0.4 is 0 Å². The minimum atomic E-state index is -8.08. The Bertz CT molecular complexity index is 392. The van der Waals surface area contributed by atoms with Gasteiger partial charge in [-0.25, -0.2) is 0 Å². The second kappa shape index (κ2) is 7.33. The molecule has 0 unspecified atom stereocenters. The Morgan fingerprint density at radius 2 is 0.393 bits per heavy atom. The van der Waals surface area contributed by atoms with Crippen molar-refractivity contribution in [3.05, 3.63) is 0 Å². The molecular weight excluding hydrogens is 478 g/mol. The van der Waals surface area contributed by atoms with Crippen LogP contribution in [0.3, 0.4) is 0 Å². The molecule has 19 heteroatoms. The van der Waals surface area contributed by atoms with E-state index in [1.54, 1.807) is 0 Å². The van der Waals surface area contributed by atoms with Crippen LogP contribution >= 0.6 is 0 Å². The second-order valence-corrected chi connectivity index (χ2v) is 8.41. The van der Waals surface area contributed by atoms with Crippen molar-refractivity contribution in [2.75, 3.05) is 0 Å². The van der Waals surface area contributed by atoms with Gasteiger partial charge in [-0.1, -0.05) is 0 Å². The van der Waals surface area contributed by atoms with Crippen LogP contribution in [0.1, 0.15) is 0 Å². The predicted octanol–water partition coefficient (Wildman–Crippen LogP) is 6.70. The number of hydrogen-bond acceptors (Lipinski definition) is 0. The molecule has 0 N–H and O–H groups in total. The SMILES string of the molecule is FC(F)(F)C([SiH](C(C(F)(F)F)C(F)(F)F)C(C(F)(F)F)C(F)(F)F)C(F)(F)F. The molecule has 28 heavy (non-hydrogen) atoms. The standard InChI is InChI=1S/C9H4F18Si/c10-4(11,12)1(5(13,14)15)28(2(6(16,17)18)7(19,20)21)3(8(22,23)24)9(25,26)27/h1-3,28H. The van der Waals surface area contributed by atoms with E-state index in [2.05, 4.69) is 0 Å². The summed E-state index contributed by atoms with van der Waals surface area (Å²) in [5.74, 6) is 0. The van der Waals surface area contributed by atoms with Gasteiger partial charge < -0.3 is 0 Å². The summed E-state index contributed by atoms with van der Waals surface area (Å²) < 4.78 is 227. The van der Waals surface area contributed by atoms with E-state index >= 15 is 0 Å². The van der Waals surface area contributed by atoms with Gasteiger partial charge in [-0.3, -0.25) is 0 Å². The summed E-state index contributed by atoms with van der Waals surface area (Å²) in [6.07, 6.45) is -43.8. The highest BCUT2D eigenvalue weighted by Crippen LogP contribution is 2.63. The molecule has 0 bridgehead atoms. The number of rotatable bonds is 3. The Morgan fingerprint density at radius 3 is 0.464 bits per heavy atom. The van der Waals surface area contributed by atoms with Crippen molar-refractivity contribution in [2.45, 2.75) is 53.7 Å². The van der Waals surface area contributed by atoms with Gasteiger partial charge in [-0.2, -0.15) is 79.0 Å². The summed E-state index contributed by atoms with van der Waals surface area (Å²) in [5.41, 5.74) is -18.3. The van der Waals surface area contributed by atoms with Gasteiger partial charge in [-0.15, -0.1) is 0 Å². The maximum Gasteiger partial charge on any atom is 0.397 e. The van der Waals surface area contributed by atoms with Crippen molar-refractivity contribution < 1.29 is 79.0 Å². The molecule has 0 aliphatic carbocycles. The fourth-order valence-electron chi connectivity index (χ4n) is 2.44. The maximum atomic E-state index is 12.6. The van der Waals surface area contributed by atoms with Crippen LogP contribution in [0.15, 0.2) is 0 Å². The zero-order valence-corrected chi connectivity index (χ0v) is 13.3. The molecule has 0 atom stereocenters. The van der Waals surface area contributed by atoms with Crippen molar-refractivity contribution in [2.24, 2.45) is 0 Å². The lowest BCUT2D eigenvalue weighted by Gasteiger charge is -2.41. The van der Waals surface area contributed by atoms with Crippen LogP contribution in [0, 0.1) is 0 Å². The lowest BCUT2D eigenvalue weighted by molar-refractivity contribution is -0.260. The molecule has 0 saturated heterocycles. The first-order valence-electron chi connectivity index (χ1n) is 6.13. The van der Waals surface area contributed by atoms with Gasteiger partial charge in [0.2, 0.25) is 0 Å². The zero-order chi connectivity index (χ0) is 23.3. The number of halogens is 18. The number of hydrogen-bond donors (Lipinski definition) is 0. The van der Waals surface area contributed by atoms with Gasteiger partial charge in [0.15, 0.2) is 0 Å². The molecule has 0 radical (unpaired) electrons. The lowest BCUT2D eigenvalue weighted by atomic mass is 10.3. The van der Waals surface area contributed by atoms with Crippen molar-refractivity contribution >= 4 is 8.80 Å². The van der Waals surface area contributed by atoms with E-state index in [1.807, 2.05) is 0 Å². The Hall–Kier alpha value is -1.04. The van der Waals surface area contributed by atoms with Crippen molar-refractivity contribution in [1.82, 2.24) is 0 Å². The second-order valence-electron chi connectivity index (χ2n) is 5.26. The van der Waals surface area contributed by atoms with E-state index in [4.69, 9.17) is 0 Å². The summed E-state index contributed by atoms with van der Waals surface area (Å²) >= 11 is 0. The molecule has 0 spiro atoms. The third-order valence-corrected chi connectivity index (χ3v) is 7.85. The third-order valence-electron chi connectivity index (χ3n) is 3.27. The molecule has 0 aliphatic rings. The first kappa shape index (κ1) is 27.0. The van der Waals surface area contributed by atoms with E-state index in [9.17, 15) is 79.0 Å². The molecular formula is C9H4F18Si. The van der Waals surface area contributed by atoms with Gasteiger partial charge in [0.25, 0.3) is 0 Å². The van der Waals surface area contributed by atoms with Crippen LogP contribution in [-0.4, -0.2) is 45.9 Å². The first-order valence-corrected chi connectivity index (χ1v) is 8.13. The fourth-order valence-corrected chi connectivity index (χ4v) is 6.22. The molecule has 0 rings (SSSR count). The summed E-state index contributed by atoms with van der Waals surface area (Å²) in [5, 5.41) is 0. The first-order chi connectivity index (χ1) is 11.7. The van der Waals surface area contributed by atoms with Gasteiger partial charge in [0.1, 0.15) is 25.4 Å². The summed E-state index contributed by atoms with van der Waals surface area (Å²) in [7, 11) is -8.08. The normalized spacial score (nSPS) is 16.1. The number of alkyl halides is 18. The average molecular weight is 482 g/mol. The minimum absolute atomic E-state index is 6.11. The van der Waals surface area contributed by atoms with E-state index in [1.165, 1.54) is 0 Å². The Kier molecular flexibility index (Phi) is 7.06. The van der Waals surface area contributed by atoms with E-state index in [-0.39, 0.29) is 0 Å². The molecule has 0 heterocycles. The summed E-state index contributed by atoms with van der Waals surface area (Å²) in [4.78, 5) is 0. The molecule has 170 valence electrons. The molecule has 0 fully saturated rings. The molecule has 0 amide bonds. The maximum absolute atomic E-state index is 12.6.